The molecule has 1 aliphatic carbocycles. The van der Waals surface area contributed by atoms with Crippen LogP contribution in [0.2, 0.25) is 0 Å². The van der Waals surface area contributed by atoms with Gasteiger partial charge >= 0.3 is 0 Å². The summed E-state index contributed by atoms with van der Waals surface area (Å²) < 4.78 is 0. The summed E-state index contributed by atoms with van der Waals surface area (Å²) in [5.74, 6) is 0.867. The molecule has 2 rings (SSSR count). The van der Waals surface area contributed by atoms with Crippen molar-refractivity contribution in [2.24, 2.45) is 5.92 Å². The van der Waals surface area contributed by atoms with Crippen molar-refractivity contribution < 1.29 is 0 Å². The second-order valence-electron chi connectivity index (χ2n) is 6.19. The van der Waals surface area contributed by atoms with E-state index in [2.05, 4.69) is 43.6 Å². The Balaban J connectivity index is 1.95. The Kier molecular flexibility index (Phi) is 5.91. The van der Waals surface area contributed by atoms with E-state index in [9.17, 15) is 0 Å². The SMILES string of the molecule is CNC(Cc1ccc(C)cc1)C1CCCCCCC1. The summed E-state index contributed by atoms with van der Waals surface area (Å²) in [6.07, 6.45) is 11.2. The van der Waals surface area contributed by atoms with Crippen molar-refractivity contribution in [2.75, 3.05) is 7.05 Å². The van der Waals surface area contributed by atoms with E-state index in [1.54, 1.807) is 0 Å². The van der Waals surface area contributed by atoms with Crippen LogP contribution in [0.4, 0.5) is 0 Å². The fraction of sp³-hybridized carbons (Fsp3) is 0.667. The predicted octanol–water partition coefficient (Wildman–Crippen LogP) is 4.49. The van der Waals surface area contributed by atoms with Gasteiger partial charge in [0.1, 0.15) is 0 Å². The van der Waals surface area contributed by atoms with Crippen LogP contribution in [0.1, 0.15) is 56.1 Å². The van der Waals surface area contributed by atoms with Gasteiger partial charge in [-0.2, -0.15) is 0 Å². The minimum atomic E-state index is 0.654. The van der Waals surface area contributed by atoms with Crippen molar-refractivity contribution in [2.45, 2.75) is 64.3 Å². The molecule has 1 atom stereocenters. The Morgan fingerprint density at radius 2 is 1.58 bits per heavy atom. The van der Waals surface area contributed by atoms with Crippen LogP contribution in [0.25, 0.3) is 0 Å². The van der Waals surface area contributed by atoms with Gasteiger partial charge in [-0.15, -0.1) is 0 Å². The van der Waals surface area contributed by atoms with Gasteiger partial charge in [-0.1, -0.05) is 61.9 Å². The van der Waals surface area contributed by atoms with E-state index in [0.29, 0.717) is 6.04 Å². The molecule has 1 heteroatoms. The van der Waals surface area contributed by atoms with Gasteiger partial charge in [0, 0.05) is 6.04 Å². The van der Waals surface area contributed by atoms with E-state index < -0.39 is 0 Å². The fourth-order valence-corrected chi connectivity index (χ4v) is 3.37. The summed E-state index contributed by atoms with van der Waals surface area (Å²) in [5.41, 5.74) is 2.84. The average Bonchev–Trinajstić information content (AvgIpc) is 2.38. The largest absolute Gasteiger partial charge is 0.316 e. The summed E-state index contributed by atoms with van der Waals surface area (Å²) in [6, 6.07) is 9.71. The Hall–Kier alpha value is -0.820. The quantitative estimate of drug-likeness (QED) is 0.840. The van der Waals surface area contributed by atoms with Crippen LogP contribution in [0.5, 0.6) is 0 Å². The minimum absolute atomic E-state index is 0.654. The molecule has 1 aromatic rings. The molecular weight excluding hydrogens is 230 g/mol. The molecule has 1 nitrogen and oxygen atoms in total. The van der Waals surface area contributed by atoms with Crippen LogP contribution < -0.4 is 5.32 Å². The highest BCUT2D eigenvalue weighted by Crippen LogP contribution is 2.26. The minimum Gasteiger partial charge on any atom is -0.316 e. The molecule has 0 amide bonds. The molecule has 106 valence electrons. The van der Waals surface area contributed by atoms with E-state index in [4.69, 9.17) is 0 Å². The van der Waals surface area contributed by atoms with Gasteiger partial charge in [0.05, 0.1) is 0 Å². The first-order valence-corrected chi connectivity index (χ1v) is 8.02. The van der Waals surface area contributed by atoms with E-state index in [1.807, 2.05) is 0 Å². The first-order chi connectivity index (χ1) is 9.29. The highest BCUT2D eigenvalue weighted by Gasteiger charge is 2.20. The fourth-order valence-electron chi connectivity index (χ4n) is 3.37. The van der Waals surface area contributed by atoms with Gasteiger partial charge in [-0.25, -0.2) is 0 Å². The van der Waals surface area contributed by atoms with Crippen molar-refractivity contribution in [3.8, 4) is 0 Å². The predicted molar refractivity (Wildman–Crippen MR) is 83.5 cm³/mol. The first kappa shape index (κ1) is 14.6. The van der Waals surface area contributed by atoms with Crippen molar-refractivity contribution in [3.05, 3.63) is 35.4 Å². The number of hydrogen-bond acceptors (Lipinski definition) is 1. The molecule has 1 aromatic carbocycles. The molecule has 0 aliphatic heterocycles. The van der Waals surface area contributed by atoms with Crippen molar-refractivity contribution in [1.29, 1.82) is 0 Å². The molecule has 1 unspecified atom stereocenters. The zero-order valence-corrected chi connectivity index (χ0v) is 12.6. The van der Waals surface area contributed by atoms with Crippen LogP contribution in [-0.2, 0) is 6.42 Å². The zero-order valence-electron chi connectivity index (χ0n) is 12.6. The van der Waals surface area contributed by atoms with Gasteiger partial charge in [-0.3, -0.25) is 0 Å². The first-order valence-electron chi connectivity index (χ1n) is 8.02. The smallest absolute Gasteiger partial charge is 0.0133 e. The molecule has 1 saturated carbocycles. The number of rotatable bonds is 4. The maximum absolute atomic E-state index is 3.58. The Morgan fingerprint density at radius 3 is 2.16 bits per heavy atom. The van der Waals surface area contributed by atoms with Crippen LogP contribution in [0.3, 0.4) is 0 Å². The summed E-state index contributed by atoms with van der Waals surface area (Å²) in [7, 11) is 2.14. The third-order valence-electron chi connectivity index (χ3n) is 4.67. The Labute approximate surface area is 118 Å². The number of hydrogen-bond donors (Lipinski definition) is 1. The highest BCUT2D eigenvalue weighted by molar-refractivity contribution is 5.22. The lowest BCUT2D eigenvalue weighted by Crippen LogP contribution is -2.36. The van der Waals surface area contributed by atoms with Gasteiger partial charge in [0.2, 0.25) is 0 Å². The summed E-state index contributed by atoms with van der Waals surface area (Å²) in [6.45, 7) is 2.16. The number of likely N-dealkylation sites (N-methyl/N-ethyl adjacent to an activating group) is 1. The van der Waals surface area contributed by atoms with E-state index in [1.165, 1.54) is 62.5 Å². The second-order valence-corrected chi connectivity index (χ2v) is 6.19. The average molecular weight is 259 g/mol. The van der Waals surface area contributed by atoms with Crippen LogP contribution >= 0.6 is 0 Å². The normalized spacial score (nSPS) is 19.7. The molecule has 1 aliphatic rings. The maximum Gasteiger partial charge on any atom is 0.0133 e. The molecule has 0 bridgehead atoms. The van der Waals surface area contributed by atoms with E-state index in [0.717, 1.165) is 5.92 Å². The second kappa shape index (κ2) is 7.69. The third-order valence-corrected chi connectivity index (χ3v) is 4.67. The molecule has 0 aromatic heterocycles. The van der Waals surface area contributed by atoms with Crippen LogP contribution in [0, 0.1) is 12.8 Å². The highest BCUT2D eigenvalue weighted by atomic mass is 14.9. The third kappa shape index (κ3) is 4.65. The van der Waals surface area contributed by atoms with Crippen LogP contribution in [0.15, 0.2) is 24.3 Å². The molecule has 0 spiro atoms. The number of benzene rings is 1. The Bertz CT molecular complexity index is 346. The van der Waals surface area contributed by atoms with E-state index >= 15 is 0 Å². The molecule has 0 radical (unpaired) electrons. The van der Waals surface area contributed by atoms with Gasteiger partial charge in [-0.05, 0) is 44.7 Å². The lowest BCUT2D eigenvalue weighted by Gasteiger charge is -2.28. The molecular formula is C18H29N. The van der Waals surface area contributed by atoms with Crippen LogP contribution in [-0.4, -0.2) is 13.1 Å². The summed E-state index contributed by atoms with van der Waals surface area (Å²) >= 11 is 0. The molecule has 1 N–H and O–H groups in total. The topological polar surface area (TPSA) is 12.0 Å². The van der Waals surface area contributed by atoms with Gasteiger partial charge in [0.15, 0.2) is 0 Å². The summed E-state index contributed by atoms with van der Waals surface area (Å²) in [5, 5.41) is 3.58. The summed E-state index contributed by atoms with van der Waals surface area (Å²) in [4.78, 5) is 0. The monoisotopic (exact) mass is 259 g/mol. The molecule has 0 heterocycles. The van der Waals surface area contributed by atoms with Gasteiger partial charge in [0.25, 0.3) is 0 Å². The number of nitrogens with one attached hydrogen (secondary N) is 1. The lowest BCUT2D eigenvalue weighted by atomic mass is 9.83. The molecule has 19 heavy (non-hydrogen) atoms. The molecule has 0 saturated heterocycles. The van der Waals surface area contributed by atoms with Crippen molar-refractivity contribution >= 4 is 0 Å². The Morgan fingerprint density at radius 1 is 1.00 bits per heavy atom. The zero-order chi connectivity index (χ0) is 13.5. The van der Waals surface area contributed by atoms with Crippen molar-refractivity contribution in [1.82, 2.24) is 5.32 Å². The maximum atomic E-state index is 3.58. The van der Waals surface area contributed by atoms with E-state index in [-0.39, 0.29) is 0 Å². The van der Waals surface area contributed by atoms with Gasteiger partial charge < -0.3 is 5.32 Å². The standard InChI is InChI=1S/C18H29N/c1-15-10-12-16(13-11-15)14-18(19-2)17-8-6-4-3-5-7-9-17/h10-13,17-19H,3-9,14H2,1-2H3. The lowest BCUT2D eigenvalue weighted by molar-refractivity contribution is 0.294. The van der Waals surface area contributed by atoms with Crippen molar-refractivity contribution in [3.63, 3.8) is 0 Å². The molecule has 1 fully saturated rings. The number of aryl methyl sites for hydroxylation is 1.